The molecule has 0 aliphatic heterocycles. The Hall–Kier alpha value is -1.60. The number of benzene rings is 1. The molecule has 0 saturated carbocycles. The Kier molecular flexibility index (Phi) is 4.40. The SMILES string of the molecule is Clc1ccc(NCc2cn[nH]c2-c2cccnc2)c(I)c1. The Labute approximate surface area is 141 Å². The molecule has 106 valence electrons. The molecule has 2 aromatic heterocycles. The molecular formula is C15H12ClIN4. The van der Waals surface area contributed by atoms with Gasteiger partial charge in [-0.25, -0.2) is 0 Å². The molecular weight excluding hydrogens is 399 g/mol. The van der Waals surface area contributed by atoms with Crippen LogP contribution in [-0.4, -0.2) is 15.2 Å². The van der Waals surface area contributed by atoms with E-state index >= 15 is 0 Å². The van der Waals surface area contributed by atoms with Crippen molar-refractivity contribution in [2.24, 2.45) is 0 Å². The minimum Gasteiger partial charge on any atom is -0.380 e. The molecule has 4 nitrogen and oxygen atoms in total. The van der Waals surface area contributed by atoms with Crippen molar-refractivity contribution < 1.29 is 0 Å². The van der Waals surface area contributed by atoms with Crippen LogP contribution < -0.4 is 5.32 Å². The third-order valence-corrected chi connectivity index (χ3v) is 4.20. The van der Waals surface area contributed by atoms with Crippen LogP contribution in [0.2, 0.25) is 5.02 Å². The van der Waals surface area contributed by atoms with E-state index in [-0.39, 0.29) is 0 Å². The summed E-state index contributed by atoms with van der Waals surface area (Å²) in [5, 5.41) is 11.3. The second-order valence-electron chi connectivity index (χ2n) is 4.49. The predicted octanol–water partition coefficient (Wildman–Crippen LogP) is 4.34. The van der Waals surface area contributed by atoms with Gasteiger partial charge in [0.1, 0.15) is 0 Å². The van der Waals surface area contributed by atoms with Crippen LogP contribution in [0.4, 0.5) is 5.69 Å². The van der Waals surface area contributed by atoms with E-state index in [1.165, 1.54) is 0 Å². The predicted molar refractivity (Wildman–Crippen MR) is 93.3 cm³/mol. The average Bonchev–Trinajstić information content (AvgIpc) is 2.96. The third-order valence-electron chi connectivity index (χ3n) is 3.07. The highest BCUT2D eigenvalue weighted by Gasteiger charge is 2.08. The van der Waals surface area contributed by atoms with Crippen LogP contribution in [0.3, 0.4) is 0 Å². The molecule has 3 aromatic rings. The molecule has 3 rings (SSSR count). The van der Waals surface area contributed by atoms with Gasteiger partial charge in [-0.1, -0.05) is 11.6 Å². The summed E-state index contributed by atoms with van der Waals surface area (Å²) >= 11 is 8.23. The maximum Gasteiger partial charge on any atom is 0.0715 e. The van der Waals surface area contributed by atoms with Gasteiger partial charge in [-0.15, -0.1) is 0 Å². The molecule has 0 aliphatic carbocycles. The number of hydrogen-bond donors (Lipinski definition) is 2. The first-order valence-corrected chi connectivity index (χ1v) is 7.81. The Bertz CT molecular complexity index is 742. The van der Waals surface area contributed by atoms with Crippen molar-refractivity contribution in [3.05, 3.63) is 63.1 Å². The molecule has 1 aromatic carbocycles. The summed E-state index contributed by atoms with van der Waals surface area (Å²) in [5.41, 5.74) is 4.16. The zero-order chi connectivity index (χ0) is 14.7. The zero-order valence-corrected chi connectivity index (χ0v) is 13.9. The first-order chi connectivity index (χ1) is 10.2. The summed E-state index contributed by atoms with van der Waals surface area (Å²) in [6, 6.07) is 9.71. The van der Waals surface area contributed by atoms with E-state index in [1.807, 2.05) is 42.7 Å². The maximum absolute atomic E-state index is 5.97. The van der Waals surface area contributed by atoms with Gasteiger partial charge in [0.05, 0.1) is 11.9 Å². The van der Waals surface area contributed by atoms with Crippen LogP contribution in [0.15, 0.2) is 48.9 Å². The van der Waals surface area contributed by atoms with Gasteiger partial charge < -0.3 is 5.32 Å². The Balaban J connectivity index is 1.79. The number of anilines is 1. The summed E-state index contributed by atoms with van der Waals surface area (Å²) in [7, 11) is 0. The summed E-state index contributed by atoms with van der Waals surface area (Å²) in [4.78, 5) is 4.14. The van der Waals surface area contributed by atoms with Gasteiger partial charge in [-0.2, -0.15) is 5.10 Å². The Morgan fingerprint density at radius 2 is 2.14 bits per heavy atom. The van der Waals surface area contributed by atoms with E-state index in [0.717, 1.165) is 31.1 Å². The molecule has 0 amide bonds. The average molecular weight is 411 g/mol. The normalized spacial score (nSPS) is 10.6. The monoisotopic (exact) mass is 410 g/mol. The summed E-state index contributed by atoms with van der Waals surface area (Å²) < 4.78 is 1.09. The van der Waals surface area contributed by atoms with Crippen molar-refractivity contribution in [1.29, 1.82) is 0 Å². The lowest BCUT2D eigenvalue weighted by molar-refractivity contribution is 1.09. The highest BCUT2D eigenvalue weighted by molar-refractivity contribution is 14.1. The molecule has 0 unspecified atom stereocenters. The minimum atomic E-state index is 0.679. The topological polar surface area (TPSA) is 53.6 Å². The van der Waals surface area contributed by atoms with E-state index < -0.39 is 0 Å². The van der Waals surface area contributed by atoms with E-state index in [1.54, 1.807) is 6.20 Å². The number of H-pyrrole nitrogens is 1. The molecule has 2 heterocycles. The smallest absolute Gasteiger partial charge is 0.0715 e. The first-order valence-electron chi connectivity index (χ1n) is 6.35. The van der Waals surface area contributed by atoms with Crippen LogP contribution in [0.25, 0.3) is 11.3 Å². The number of rotatable bonds is 4. The first kappa shape index (κ1) is 14.3. The number of pyridine rings is 1. The van der Waals surface area contributed by atoms with Crippen LogP contribution in [0.5, 0.6) is 0 Å². The standard InChI is InChI=1S/C15H12ClIN4/c16-12-3-4-14(13(17)6-12)19-8-11-9-20-21-15(11)10-2-1-5-18-7-10/h1-7,9,19H,8H2,(H,20,21). The van der Waals surface area contributed by atoms with Gasteiger partial charge in [0.2, 0.25) is 0 Å². The summed E-state index contributed by atoms with van der Waals surface area (Å²) in [6.07, 6.45) is 5.41. The fraction of sp³-hybridized carbons (Fsp3) is 0.0667. The maximum atomic E-state index is 5.97. The molecule has 0 spiro atoms. The van der Waals surface area contributed by atoms with Crippen molar-refractivity contribution in [2.75, 3.05) is 5.32 Å². The van der Waals surface area contributed by atoms with E-state index in [4.69, 9.17) is 11.6 Å². The van der Waals surface area contributed by atoms with Gasteiger partial charge in [0.15, 0.2) is 0 Å². The molecule has 0 bridgehead atoms. The van der Waals surface area contributed by atoms with Gasteiger partial charge in [-0.05, 0) is 52.9 Å². The van der Waals surface area contributed by atoms with Crippen LogP contribution in [-0.2, 0) is 6.54 Å². The highest BCUT2D eigenvalue weighted by atomic mass is 127. The quantitative estimate of drug-likeness (QED) is 0.629. The van der Waals surface area contributed by atoms with Gasteiger partial charge in [0, 0.05) is 44.3 Å². The minimum absolute atomic E-state index is 0.679. The number of nitrogens with one attached hydrogen (secondary N) is 2. The molecule has 21 heavy (non-hydrogen) atoms. The van der Waals surface area contributed by atoms with Crippen molar-refractivity contribution in [1.82, 2.24) is 15.2 Å². The molecule has 6 heteroatoms. The Morgan fingerprint density at radius 3 is 2.90 bits per heavy atom. The molecule has 2 N–H and O–H groups in total. The second kappa shape index (κ2) is 6.44. The molecule has 0 fully saturated rings. The number of hydrogen-bond acceptors (Lipinski definition) is 3. The summed E-state index contributed by atoms with van der Waals surface area (Å²) in [6.45, 7) is 0.679. The number of aromatic nitrogens is 3. The second-order valence-corrected chi connectivity index (χ2v) is 6.09. The van der Waals surface area contributed by atoms with Crippen molar-refractivity contribution in [3.63, 3.8) is 0 Å². The molecule has 0 saturated heterocycles. The van der Waals surface area contributed by atoms with E-state index in [2.05, 4.69) is 43.1 Å². The number of nitrogens with zero attached hydrogens (tertiary/aromatic N) is 2. The van der Waals surface area contributed by atoms with Crippen molar-refractivity contribution >= 4 is 39.9 Å². The number of halogens is 2. The highest BCUT2D eigenvalue weighted by Crippen LogP contribution is 2.25. The lowest BCUT2D eigenvalue weighted by Gasteiger charge is -2.09. The van der Waals surface area contributed by atoms with Crippen molar-refractivity contribution in [2.45, 2.75) is 6.54 Å². The van der Waals surface area contributed by atoms with Crippen LogP contribution >= 0.6 is 34.2 Å². The van der Waals surface area contributed by atoms with Gasteiger partial charge in [-0.3, -0.25) is 10.1 Å². The van der Waals surface area contributed by atoms with E-state index in [0.29, 0.717) is 6.54 Å². The van der Waals surface area contributed by atoms with Crippen LogP contribution in [0.1, 0.15) is 5.56 Å². The fourth-order valence-corrected chi connectivity index (χ4v) is 3.09. The van der Waals surface area contributed by atoms with Crippen molar-refractivity contribution in [3.8, 4) is 11.3 Å². The van der Waals surface area contributed by atoms with E-state index in [9.17, 15) is 0 Å². The largest absolute Gasteiger partial charge is 0.380 e. The molecule has 0 radical (unpaired) electrons. The number of aromatic amines is 1. The lowest BCUT2D eigenvalue weighted by Crippen LogP contribution is -2.01. The van der Waals surface area contributed by atoms with Gasteiger partial charge in [0.25, 0.3) is 0 Å². The third kappa shape index (κ3) is 3.36. The zero-order valence-electron chi connectivity index (χ0n) is 11.0. The fourth-order valence-electron chi connectivity index (χ4n) is 2.03. The van der Waals surface area contributed by atoms with Gasteiger partial charge >= 0.3 is 0 Å². The Morgan fingerprint density at radius 1 is 1.24 bits per heavy atom. The molecule has 0 atom stereocenters. The van der Waals surface area contributed by atoms with Crippen LogP contribution in [0, 0.1) is 3.57 Å². The summed E-state index contributed by atoms with van der Waals surface area (Å²) in [5.74, 6) is 0. The lowest BCUT2D eigenvalue weighted by atomic mass is 10.1. The molecule has 0 aliphatic rings.